The molecule has 1 aliphatic carbocycles. The normalized spacial score (nSPS) is 22.6. The number of hydrogen-bond acceptors (Lipinski definition) is 5. The van der Waals surface area contributed by atoms with E-state index in [0.29, 0.717) is 10.8 Å². The maximum absolute atomic E-state index is 11.7. The molecule has 1 saturated carbocycles. The third-order valence-electron chi connectivity index (χ3n) is 4.12. The van der Waals surface area contributed by atoms with E-state index in [4.69, 9.17) is 4.74 Å². The number of ether oxygens (including phenoxy) is 1. The first-order valence-electron chi connectivity index (χ1n) is 7.16. The zero-order valence-corrected chi connectivity index (χ0v) is 13.1. The van der Waals surface area contributed by atoms with Gasteiger partial charge in [-0.3, -0.25) is 4.79 Å². The Hall–Kier alpha value is -1.23. The number of esters is 1. The first-order chi connectivity index (χ1) is 9.56. The standard InChI is InChI=1S/C15H21NO3S/c1-4-10-5-7-11(8-6-10)14-16-12(15(18)19-3)13(20-14)9(2)17/h10-11H,4-8H2,1-3H3. The number of carbonyl (C=O) groups is 2. The van der Waals surface area contributed by atoms with E-state index in [0.717, 1.165) is 23.8 Å². The van der Waals surface area contributed by atoms with E-state index in [1.807, 2.05) is 0 Å². The molecule has 1 fully saturated rings. The average Bonchev–Trinajstić information content (AvgIpc) is 2.92. The summed E-state index contributed by atoms with van der Waals surface area (Å²) in [5, 5.41) is 0.921. The number of methoxy groups -OCH3 is 1. The van der Waals surface area contributed by atoms with Crippen LogP contribution in [-0.4, -0.2) is 23.8 Å². The number of ketones is 1. The smallest absolute Gasteiger partial charge is 0.358 e. The summed E-state index contributed by atoms with van der Waals surface area (Å²) in [5.74, 6) is 0.578. The molecule has 0 atom stereocenters. The number of hydrogen-bond donors (Lipinski definition) is 0. The summed E-state index contributed by atoms with van der Waals surface area (Å²) in [6.07, 6.45) is 5.86. The first-order valence-corrected chi connectivity index (χ1v) is 7.98. The minimum Gasteiger partial charge on any atom is -0.464 e. The topological polar surface area (TPSA) is 56.3 Å². The molecule has 4 nitrogen and oxygen atoms in total. The lowest BCUT2D eigenvalue weighted by Gasteiger charge is -2.26. The van der Waals surface area contributed by atoms with Crippen LogP contribution in [0.4, 0.5) is 0 Å². The Morgan fingerprint density at radius 2 is 1.95 bits per heavy atom. The van der Waals surface area contributed by atoms with E-state index in [1.165, 1.54) is 44.6 Å². The molecule has 5 heteroatoms. The van der Waals surface area contributed by atoms with Gasteiger partial charge in [-0.2, -0.15) is 0 Å². The van der Waals surface area contributed by atoms with Gasteiger partial charge in [0.15, 0.2) is 11.5 Å². The zero-order chi connectivity index (χ0) is 14.7. The van der Waals surface area contributed by atoms with Crippen molar-refractivity contribution in [1.82, 2.24) is 4.98 Å². The van der Waals surface area contributed by atoms with Gasteiger partial charge < -0.3 is 4.74 Å². The SMILES string of the molecule is CCC1CCC(c2nc(C(=O)OC)c(C(C)=O)s2)CC1. The number of rotatable bonds is 4. The van der Waals surface area contributed by atoms with Gasteiger partial charge in [-0.15, -0.1) is 11.3 Å². The predicted molar refractivity (Wildman–Crippen MR) is 78.4 cm³/mol. The molecule has 1 heterocycles. The highest BCUT2D eigenvalue weighted by atomic mass is 32.1. The molecular formula is C15H21NO3S. The molecule has 0 amide bonds. The number of carbonyl (C=O) groups excluding carboxylic acids is 2. The lowest BCUT2D eigenvalue weighted by molar-refractivity contribution is 0.0591. The summed E-state index contributed by atoms with van der Waals surface area (Å²) in [6, 6.07) is 0. The quantitative estimate of drug-likeness (QED) is 0.626. The van der Waals surface area contributed by atoms with Crippen molar-refractivity contribution in [3.05, 3.63) is 15.6 Å². The van der Waals surface area contributed by atoms with Gasteiger partial charge >= 0.3 is 5.97 Å². The van der Waals surface area contributed by atoms with Gasteiger partial charge in [0.1, 0.15) is 4.88 Å². The van der Waals surface area contributed by atoms with Crippen molar-refractivity contribution in [3.8, 4) is 0 Å². The van der Waals surface area contributed by atoms with Gasteiger partial charge in [-0.25, -0.2) is 9.78 Å². The van der Waals surface area contributed by atoms with E-state index in [2.05, 4.69) is 11.9 Å². The third kappa shape index (κ3) is 3.08. The highest BCUT2D eigenvalue weighted by molar-refractivity contribution is 7.14. The zero-order valence-electron chi connectivity index (χ0n) is 12.3. The lowest BCUT2D eigenvalue weighted by atomic mass is 9.81. The van der Waals surface area contributed by atoms with Crippen molar-refractivity contribution in [2.75, 3.05) is 7.11 Å². The van der Waals surface area contributed by atoms with Gasteiger partial charge in [0.2, 0.25) is 0 Å². The van der Waals surface area contributed by atoms with E-state index in [9.17, 15) is 9.59 Å². The van der Waals surface area contributed by atoms with Crippen molar-refractivity contribution in [3.63, 3.8) is 0 Å². The summed E-state index contributed by atoms with van der Waals surface area (Å²) < 4.78 is 4.72. The van der Waals surface area contributed by atoms with Crippen LogP contribution in [0.15, 0.2) is 0 Å². The second kappa shape index (κ2) is 6.48. The second-order valence-electron chi connectivity index (χ2n) is 5.40. The van der Waals surface area contributed by atoms with Crippen LogP contribution in [0.5, 0.6) is 0 Å². The fourth-order valence-corrected chi connectivity index (χ4v) is 3.92. The van der Waals surface area contributed by atoms with Crippen molar-refractivity contribution in [2.24, 2.45) is 5.92 Å². The molecule has 1 aromatic heterocycles. The molecule has 20 heavy (non-hydrogen) atoms. The number of Topliss-reactive ketones (excluding diaryl/α,β-unsaturated/α-hetero) is 1. The van der Waals surface area contributed by atoms with Crippen LogP contribution in [0, 0.1) is 5.92 Å². The second-order valence-corrected chi connectivity index (χ2v) is 6.43. The number of nitrogens with zero attached hydrogens (tertiary/aromatic N) is 1. The largest absolute Gasteiger partial charge is 0.464 e. The maximum Gasteiger partial charge on any atom is 0.358 e. The van der Waals surface area contributed by atoms with E-state index < -0.39 is 5.97 Å². The van der Waals surface area contributed by atoms with Crippen LogP contribution in [0.2, 0.25) is 0 Å². The van der Waals surface area contributed by atoms with Crippen molar-refractivity contribution in [2.45, 2.75) is 51.9 Å². The minimum absolute atomic E-state index is 0.114. The molecule has 110 valence electrons. The Labute approximate surface area is 123 Å². The summed E-state index contributed by atoms with van der Waals surface area (Å²) >= 11 is 1.37. The Morgan fingerprint density at radius 3 is 2.45 bits per heavy atom. The molecule has 2 rings (SSSR count). The van der Waals surface area contributed by atoms with Gasteiger partial charge in [-0.05, 0) is 31.6 Å². The third-order valence-corrected chi connectivity index (χ3v) is 5.43. The lowest BCUT2D eigenvalue weighted by Crippen LogP contribution is -2.13. The van der Waals surface area contributed by atoms with Crippen LogP contribution in [-0.2, 0) is 4.74 Å². The van der Waals surface area contributed by atoms with Crippen LogP contribution in [0.1, 0.15) is 77.0 Å². The molecule has 0 unspecified atom stereocenters. The molecule has 0 radical (unpaired) electrons. The van der Waals surface area contributed by atoms with E-state index >= 15 is 0 Å². The molecule has 0 saturated heterocycles. The predicted octanol–water partition coefficient (Wildman–Crippen LogP) is 3.82. The summed E-state index contributed by atoms with van der Waals surface area (Å²) in [5.41, 5.74) is 0.192. The molecule has 0 aromatic carbocycles. The van der Waals surface area contributed by atoms with Gasteiger partial charge in [0.25, 0.3) is 0 Å². The number of aromatic nitrogens is 1. The molecular weight excluding hydrogens is 274 g/mol. The Balaban J connectivity index is 2.21. The Kier molecular flexibility index (Phi) is 4.91. The number of thiazole rings is 1. The van der Waals surface area contributed by atoms with Crippen molar-refractivity contribution >= 4 is 23.1 Å². The molecule has 0 bridgehead atoms. The Morgan fingerprint density at radius 1 is 1.30 bits per heavy atom. The molecule has 0 N–H and O–H groups in total. The van der Waals surface area contributed by atoms with Crippen LogP contribution < -0.4 is 0 Å². The van der Waals surface area contributed by atoms with E-state index in [1.54, 1.807) is 0 Å². The summed E-state index contributed by atoms with van der Waals surface area (Å²) in [7, 11) is 1.32. The molecule has 0 spiro atoms. The van der Waals surface area contributed by atoms with Crippen LogP contribution in [0.3, 0.4) is 0 Å². The first kappa shape index (κ1) is 15.2. The summed E-state index contributed by atoms with van der Waals surface area (Å²) in [6.45, 7) is 3.70. The van der Waals surface area contributed by atoms with Crippen molar-refractivity contribution in [1.29, 1.82) is 0 Å². The summed E-state index contributed by atoms with van der Waals surface area (Å²) in [4.78, 5) is 28.2. The molecule has 1 aromatic rings. The average molecular weight is 295 g/mol. The van der Waals surface area contributed by atoms with Gasteiger partial charge in [-0.1, -0.05) is 13.3 Å². The monoisotopic (exact) mass is 295 g/mol. The molecule has 0 aliphatic heterocycles. The van der Waals surface area contributed by atoms with Gasteiger partial charge in [0, 0.05) is 12.8 Å². The minimum atomic E-state index is -0.514. The van der Waals surface area contributed by atoms with E-state index in [-0.39, 0.29) is 11.5 Å². The van der Waals surface area contributed by atoms with Gasteiger partial charge in [0.05, 0.1) is 12.1 Å². The van der Waals surface area contributed by atoms with Crippen LogP contribution >= 0.6 is 11.3 Å². The van der Waals surface area contributed by atoms with Crippen molar-refractivity contribution < 1.29 is 14.3 Å². The van der Waals surface area contributed by atoms with Crippen LogP contribution in [0.25, 0.3) is 0 Å². The maximum atomic E-state index is 11.7. The molecule has 1 aliphatic rings. The fraction of sp³-hybridized carbons (Fsp3) is 0.667. The Bertz CT molecular complexity index is 501. The highest BCUT2D eigenvalue weighted by Crippen LogP contribution is 2.39. The fourth-order valence-electron chi connectivity index (χ4n) is 2.80. The highest BCUT2D eigenvalue weighted by Gasteiger charge is 2.28.